The van der Waals surface area contributed by atoms with E-state index in [9.17, 15) is 4.39 Å². The third kappa shape index (κ3) is 3.45. The van der Waals surface area contributed by atoms with Crippen LogP contribution in [0.1, 0.15) is 11.1 Å². The van der Waals surface area contributed by atoms with Crippen LogP contribution in [0.4, 0.5) is 4.39 Å². The van der Waals surface area contributed by atoms with Crippen LogP contribution in [0, 0.1) is 5.82 Å². The molecule has 2 heteroatoms. The molecule has 0 aromatic heterocycles. The van der Waals surface area contributed by atoms with Gasteiger partial charge < -0.3 is 4.74 Å². The van der Waals surface area contributed by atoms with Crippen LogP contribution >= 0.6 is 0 Å². The maximum Gasteiger partial charge on any atom is 0.123 e. The molecule has 0 radical (unpaired) electrons. The van der Waals surface area contributed by atoms with Gasteiger partial charge in [0.2, 0.25) is 0 Å². The van der Waals surface area contributed by atoms with Crippen molar-refractivity contribution in [2.45, 2.75) is 13.0 Å². The average Bonchev–Trinajstić information content (AvgIpc) is 2.40. The summed E-state index contributed by atoms with van der Waals surface area (Å²) in [5.41, 5.74) is 2.16. The van der Waals surface area contributed by atoms with Gasteiger partial charge in [-0.2, -0.15) is 0 Å². The summed E-state index contributed by atoms with van der Waals surface area (Å²) in [5.74, 6) is 0.583. The molecule has 2 rings (SSSR count). The SMILES string of the molecule is C=CCc1ccc(OCc2ccc(F)cc2)cc1. The van der Waals surface area contributed by atoms with E-state index in [0.29, 0.717) is 6.61 Å². The van der Waals surface area contributed by atoms with Crippen LogP contribution in [-0.4, -0.2) is 0 Å². The number of hydrogen-bond donors (Lipinski definition) is 0. The van der Waals surface area contributed by atoms with Crippen molar-refractivity contribution in [1.82, 2.24) is 0 Å². The molecule has 0 aliphatic carbocycles. The molecule has 92 valence electrons. The fourth-order valence-corrected chi connectivity index (χ4v) is 1.64. The Kier molecular flexibility index (Phi) is 4.13. The second-order valence-electron chi connectivity index (χ2n) is 4.05. The van der Waals surface area contributed by atoms with Gasteiger partial charge in [-0.25, -0.2) is 4.39 Å². The van der Waals surface area contributed by atoms with Crippen molar-refractivity contribution in [2.24, 2.45) is 0 Å². The van der Waals surface area contributed by atoms with Gasteiger partial charge in [0.25, 0.3) is 0 Å². The minimum Gasteiger partial charge on any atom is -0.489 e. The molecular weight excluding hydrogens is 227 g/mol. The Morgan fingerprint density at radius 2 is 1.56 bits per heavy atom. The molecule has 0 atom stereocenters. The van der Waals surface area contributed by atoms with E-state index in [-0.39, 0.29) is 5.82 Å². The van der Waals surface area contributed by atoms with Crippen LogP contribution in [-0.2, 0) is 13.0 Å². The molecule has 0 amide bonds. The summed E-state index contributed by atoms with van der Waals surface area (Å²) in [6, 6.07) is 14.2. The summed E-state index contributed by atoms with van der Waals surface area (Å²) in [6.45, 7) is 4.15. The number of benzene rings is 2. The third-order valence-electron chi connectivity index (χ3n) is 2.62. The maximum absolute atomic E-state index is 12.7. The molecule has 0 saturated carbocycles. The van der Waals surface area contributed by atoms with E-state index in [1.165, 1.54) is 17.7 Å². The number of rotatable bonds is 5. The van der Waals surface area contributed by atoms with Crippen molar-refractivity contribution in [2.75, 3.05) is 0 Å². The zero-order chi connectivity index (χ0) is 12.8. The molecule has 18 heavy (non-hydrogen) atoms. The van der Waals surface area contributed by atoms with E-state index in [1.807, 2.05) is 30.3 Å². The largest absolute Gasteiger partial charge is 0.489 e. The summed E-state index contributed by atoms with van der Waals surface area (Å²) in [7, 11) is 0. The van der Waals surface area contributed by atoms with Crippen LogP contribution < -0.4 is 4.74 Å². The van der Waals surface area contributed by atoms with Gasteiger partial charge in [-0.05, 0) is 41.8 Å². The van der Waals surface area contributed by atoms with Crippen molar-refractivity contribution in [3.8, 4) is 5.75 Å². The van der Waals surface area contributed by atoms with Crippen LogP contribution in [0.15, 0.2) is 61.2 Å². The molecule has 0 N–H and O–H groups in total. The molecule has 2 aromatic carbocycles. The summed E-state index contributed by atoms with van der Waals surface area (Å²) in [5, 5.41) is 0. The Labute approximate surface area is 107 Å². The van der Waals surface area contributed by atoms with Crippen LogP contribution in [0.25, 0.3) is 0 Å². The predicted molar refractivity (Wildman–Crippen MR) is 71.1 cm³/mol. The fraction of sp³-hybridized carbons (Fsp3) is 0.125. The zero-order valence-corrected chi connectivity index (χ0v) is 10.1. The van der Waals surface area contributed by atoms with Crippen molar-refractivity contribution in [1.29, 1.82) is 0 Å². The summed E-state index contributed by atoms with van der Waals surface area (Å²) in [4.78, 5) is 0. The first-order valence-electron chi connectivity index (χ1n) is 5.85. The van der Waals surface area contributed by atoms with Gasteiger partial charge in [-0.3, -0.25) is 0 Å². The minimum absolute atomic E-state index is 0.229. The molecule has 0 aliphatic heterocycles. The highest BCUT2D eigenvalue weighted by Gasteiger charge is 1.97. The van der Waals surface area contributed by atoms with E-state index in [2.05, 4.69) is 6.58 Å². The number of ether oxygens (including phenoxy) is 1. The lowest BCUT2D eigenvalue weighted by Gasteiger charge is -2.07. The first kappa shape index (κ1) is 12.4. The molecule has 0 unspecified atom stereocenters. The molecule has 0 saturated heterocycles. The van der Waals surface area contributed by atoms with Gasteiger partial charge in [0.15, 0.2) is 0 Å². The number of allylic oxidation sites excluding steroid dienone is 1. The van der Waals surface area contributed by atoms with E-state index in [4.69, 9.17) is 4.74 Å². The predicted octanol–water partition coefficient (Wildman–Crippen LogP) is 4.13. The van der Waals surface area contributed by atoms with Crippen molar-refractivity contribution >= 4 is 0 Å². The minimum atomic E-state index is -0.229. The Hall–Kier alpha value is -2.09. The molecule has 0 aliphatic rings. The van der Waals surface area contributed by atoms with Crippen LogP contribution in [0.2, 0.25) is 0 Å². The summed E-state index contributed by atoms with van der Waals surface area (Å²) < 4.78 is 18.3. The Morgan fingerprint density at radius 1 is 0.944 bits per heavy atom. The second kappa shape index (κ2) is 6.01. The molecule has 0 bridgehead atoms. The van der Waals surface area contributed by atoms with E-state index < -0.39 is 0 Å². The van der Waals surface area contributed by atoms with Gasteiger partial charge in [0.05, 0.1) is 0 Å². The number of halogens is 1. The first-order chi connectivity index (χ1) is 8.78. The van der Waals surface area contributed by atoms with E-state index in [1.54, 1.807) is 12.1 Å². The fourth-order valence-electron chi connectivity index (χ4n) is 1.64. The van der Waals surface area contributed by atoms with Crippen molar-refractivity contribution < 1.29 is 9.13 Å². The topological polar surface area (TPSA) is 9.23 Å². The standard InChI is InChI=1S/C16H15FO/c1-2-3-13-6-10-16(11-7-13)18-12-14-4-8-15(17)9-5-14/h2,4-11H,1,3,12H2. The van der Waals surface area contributed by atoms with E-state index in [0.717, 1.165) is 17.7 Å². The van der Waals surface area contributed by atoms with E-state index >= 15 is 0 Å². The lowest BCUT2D eigenvalue weighted by molar-refractivity contribution is 0.306. The van der Waals surface area contributed by atoms with Crippen molar-refractivity contribution in [3.05, 3.63) is 78.1 Å². The molecule has 0 heterocycles. The first-order valence-corrected chi connectivity index (χ1v) is 5.85. The van der Waals surface area contributed by atoms with Gasteiger partial charge in [0.1, 0.15) is 18.2 Å². The Balaban J connectivity index is 1.93. The third-order valence-corrected chi connectivity index (χ3v) is 2.62. The normalized spacial score (nSPS) is 10.1. The molecule has 2 aromatic rings. The van der Waals surface area contributed by atoms with Crippen molar-refractivity contribution in [3.63, 3.8) is 0 Å². The van der Waals surface area contributed by atoms with Gasteiger partial charge in [0, 0.05) is 0 Å². The summed E-state index contributed by atoms with van der Waals surface area (Å²) >= 11 is 0. The highest BCUT2D eigenvalue weighted by atomic mass is 19.1. The molecule has 1 nitrogen and oxygen atoms in total. The monoisotopic (exact) mass is 242 g/mol. The molecule has 0 fully saturated rings. The Morgan fingerprint density at radius 3 is 2.17 bits per heavy atom. The second-order valence-corrected chi connectivity index (χ2v) is 4.05. The summed E-state index contributed by atoms with van der Waals surface area (Å²) in [6.07, 6.45) is 2.73. The van der Waals surface area contributed by atoms with Crippen LogP contribution in [0.3, 0.4) is 0 Å². The molecule has 0 spiro atoms. The lowest BCUT2D eigenvalue weighted by atomic mass is 10.1. The zero-order valence-electron chi connectivity index (χ0n) is 10.1. The smallest absolute Gasteiger partial charge is 0.123 e. The highest BCUT2D eigenvalue weighted by Crippen LogP contribution is 2.15. The quantitative estimate of drug-likeness (QED) is 0.716. The van der Waals surface area contributed by atoms with Gasteiger partial charge >= 0.3 is 0 Å². The van der Waals surface area contributed by atoms with Gasteiger partial charge in [-0.1, -0.05) is 30.3 Å². The average molecular weight is 242 g/mol. The molecular formula is C16H15FO. The Bertz CT molecular complexity index is 500. The maximum atomic E-state index is 12.7. The van der Waals surface area contributed by atoms with Crippen LogP contribution in [0.5, 0.6) is 5.75 Å². The lowest BCUT2D eigenvalue weighted by Crippen LogP contribution is -1.95. The highest BCUT2D eigenvalue weighted by molar-refractivity contribution is 5.28. The number of hydrogen-bond acceptors (Lipinski definition) is 1. The van der Waals surface area contributed by atoms with Gasteiger partial charge in [-0.15, -0.1) is 6.58 Å².